The highest BCUT2D eigenvalue weighted by Crippen LogP contribution is 2.44. The lowest BCUT2D eigenvalue weighted by Crippen LogP contribution is -2.27. The van der Waals surface area contributed by atoms with Gasteiger partial charge in [-0.15, -0.1) is 0 Å². The zero-order valence-corrected chi connectivity index (χ0v) is 23.7. The number of nitrogens with one attached hydrogen (secondary N) is 1. The molecule has 0 radical (unpaired) electrons. The average Bonchev–Trinajstić information content (AvgIpc) is 3.67. The quantitative estimate of drug-likeness (QED) is 0.219. The van der Waals surface area contributed by atoms with Crippen molar-refractivity contribution in [3.63, 3.8) is 0 Å². The van der Waals surface area contributed by atoms with Crippen LogP contribution in [0.4, 0.5) is 10.1 Å². The summed E-state index contributed by atoms with van der Waals surface area (Å²) >= 11 is 0. The molecule has 0 atom stereocenters. The Morgan fingerprint density at radius 1 is 0.911 bits per heavy atom. The number of hydrogen-bond acceptors (Lipinski definition) is 7. The zero-order valence-electron chi connectivity index (χ0n) is 23.7. The molecule has 10 nitrogen and oxygen atoms in total. The fourth-order valence-electron chi connectivity index (χ4n) is 4.99. The summed E-state index contributed by atoms with van der Waals surface area (Å²) < 4.78 is 28.8. The van der Waals surface area contributed by atoms with E-state index in [4.69, 9.17) is 9.15 Å². The van der Waals surface area contributed by atoms with Crippen molar-refractivity contribution >= 4 is 22.7 Å². The number of anilines is 1. The van der Waals surface area contributed by atoms with Crippen LogP contribution >= 0.6 is 0 Å². The summed E-state index contributed by atoms with van der Waals surface area (Å²) in [7, 11) is 1.83. The number of fused-ring (bicyclic) bond motifs is 1. The third-order valence-corrected chi connectivity index (χ3v) is 7.11. The van der Waals surface area contributed by atoms with Crippen LogP contribution in [0.3, 0.4) is 0 Å². The van der Waals surface area contributed by atoms with Crippen LogP contribution in [0.25, 0.3) is 39.2 Å². The number of amides is 1. The van der Waals surface area contributed by atoms with Crippen molar-refractivity contribution in [1.82, 2.24) is 24.3 Å². The molecule has 0 bridgehead atoms. The van der Waals surface area contributed by atoms with Gasteiger partial charge in [-0.2, -0.15) is 5.10 Å². The minimum atomic E-state index is -0.587. The molecule has 1 amide bonds. The number of furan rings is 1. The van der Waals surface area contributed by atoms with Gasteiger partial charge in [-0.25, -0.2) is 14.4 Å². The Balaban J connectivity index is 1.17. The fourth-order valence-corrected chi connectivity index (χ4v) is 4.99. The van der Waals surface area contributed by atoms with Crippen LogP contribution in [0.1, 0.15) is 10.4 Å². The van der Waals surface area contributed by atoms with Crippen LogP contribution in [-0.4, -0.2) is 30.2 Å². The molecule has 0 aliphatic heterocycles. The largest absolute Gasteiger partial charge is 0.438 e. The second kappa shape index (κ2) is 11.4. The molecule has 0 spiro atoms. The van der Waals surface area contributed by atoms with Crippen LogP contribution in [0, 0.1) is 5.82 Å². The summed E-state index contributed by atoms with van der Waals surface area (Å²) in [6.07, 6.45) is 6.47. The first-order valence-electron chi connectivity index (χ1n) is 13.8. The minimum absolute atomic E-state index is 0.0663. The Morgan fingerprint density at radius 2 is 1.69 bits per heavy atom. The summed E-state index contributed by atoms with van der Waals surface area (Å²) in [6.45, 7) is 0. The standard InChI is InChI=1S/C34H23FN6O4/c1-40-19-22(18-38-40)30-28(21-6-3-2-4-7-21)29-32(36-20-37-33(29)45-30)44-26-15-11-24(12-16-26)39-31(42)27-8-5-17-41(34(27)43)25-13-9-23(35)10-14-25/h2-20H,1H3,(H,39,42). The number of rotatable bonds is 7. The summed E-state index contributed by atoms with van der Waals surface area (Å²) in [5.41, 5.74) is 3.09. The van der Waals surface area contributed by atoms with Gasteiger partial charge in [0.1, 0.15) is 34.6 Å². The molecular formula is C34H23FN6O4. The van der Waals surface area contributed by atoms with Gasteiger partial charge in [0.15, 0.2) is 0 Å². The predicted octanol–water partition coefficient (Wildman–Crippen LogP) is 6.62. The molecule has 0 saturated heterocycles. The van der Waals surface area contributed by atoms with Crippen molar-refractivity contribution in [2.24, 2.45) is 7.05 Å². The Bertz CT molecular complexity index is 2220. The number of benzene rings is 3. The summed E-state index contributed by atoms with van der Waals surface area (Å²) in [5, 5.41) is 7.63. The van der Waals surface area contributed by atoms with E-state index < -0.39 is 17.3 Å². The van der Waals surface area contributed by atoms with E-state index in [0.717, 1.165) is 16.7 Å². The van der Waals surface area contributed by atoms with E-state index in [1.807, 2.05) is 43.6 Å². The number of hydrogen-bond donors (Lipinski definition) is 1. The molecule has 0 aliphatic rings. The van der Waals surface area contributed by atoms with E-state index in [9.17, 15) is 14.0 Å². The summed E-state index contributed by atoms with van der Waals surface area (Å²) in [6, 6.07) is 24.9. The molecule has 4 heterocycles. The molecule has 0 unspecified atom stereocenters. The van der Waals surface area contributed by atoms with Crippen LogP contribution in [0.5, 0.6) is 11.6 Å². The van der Waals surface area contributed by atoms with Gasteiger partial charge in [-0.3, -0.25) is 18.8 Å². The number of aryl methyl sites for hydroxylation is 1. The Labute approximate surface area is 255 Å². The maximum absolute atomic E-state index is 13.4. The first kappa shape index (κ1) is 27.5. The Hall–Kier alpha value is -6.36. The molecule has 7 rings (SSSR count). The number of aromatic nitrogens is 5. The van der Waals surface area contributed by atoms with Crippen molar-refractivity contribution in [2.75, 3.05) is 5.32 Å². The van der Waals surface area contributed by atoms with E-state index in [0.29, 0.717) is 39.9 Å². The molecule has 3 aromatic carbocycles. The first-order chi connectivity index (χ1) is 21.9. The van der Waals surface area contributed by atoms with Gasteiger partial charge in [0.05, 0.1) is 11.8 Å². The number of nitrogens with zero attached hydrogens (tertiary/aromatic N) is 5. The first-order valence-corrected chi connectivity index (χ1v) is 13.8. The van der Waals surface area contributed by atoms with Crippen molar-refractivity contribution in [3.05, 3.63) is 138 Å². The number of halogens is 1. The van der Waals surface area contributed by atoms with E-state index in [-0.39, 0.29) is 5.56 Å². The third-order valence-electron chi connectivity index (χ3n) is 7.11. The maximum atomic E-state index is 13.4. The van der Waals surface area contributed by atoms with Gasteiger partial charge in [0.25, 0.3) is 11.5 Å². The predicted molar refractivity (Wildman–Crippen MR) is 166 cm³/mol. The lowest BCUT2D eigenvalue weighted by molar-refractivity contribution is 0.102. The molecule has 220 valence electrons. The molecule has 0 aliphatic carbocycles. The van der Waals surface area contributed by atoms with Crippen LogP contribution in [0.2, 0.25) is 0 Å². The normalized spacial score (nSPS) is 11.1. The smallest absolute Gasteiger partial charge is 0.267 e. The zero-order chi connectivity index (χ0) is 30.9. The van der Waals surface area contributed by atoms with E-state index in [1.165, 1.54) is 47.4 Å². The number of carbonyl (C=O) groups is 1. The molecule has 4 aromatic heterocycles. The molecule has 45 heavy (non-hydrogen) atoms. The molecule has 0 saturated carbocycles. The molecule has 1 N–H and O–H groups in total. The van der Waals surface area contributed by atoms with Crippen molar-refractivity contribution in [3.8, 4) is 39.8 Å². The third kappa shape index (κ3) is 5.34. The number of pyridine rings is 1. The topological polar surface area (TPSA) is 117 Å². The summed E-state index contributed by atoms with van der Waals surface area (Å²) in [5.74, 6) is 0.325. The highest BCUT2D eigenvalue weighted by atomic mass is 19.1. The van der Waals surface area contributed by atoms with Crippen molar-refractivity contribution in [1.29, 1.82) is 0 Å². The second-order valence-electron chi connectivity index (χ2n) is 10.1. The highest BCUT2D eigenvalue weighted by Gasteiger charge is 2.24. The van der Waals surface area contributed by atoms with E-state index >= 15 is 0 Å². The van der Waals surface area contributed by atoms with Crippen LogP contribution in [-0.2, 0) is 7.05 Å². The van der Waals surface area contributed by atoms with E-state index in [2.05, 4.69) is 20.4 Å². The number of carbonyl (C=O) groups excluding carboxylic acids is 1. The van der Waals surface area contributed by atoms with Gasteiger partial charge >= 0.3 is 0 Å². The van der Waals surface area contributed by atoms with Crippen LogP contribution in [0.15, 0.2) is 125 Å². The van der Waals surface area contributed by atoms with Crippen molar-refractivity contribution in [2.45, 2.75) is 0 Å². The van der Waals surface area contributed by atoms with Gasteiger partial charge in [0, 0.05) is 36.4 Å². The molecule has 0 fully saturated rings. The number of ether oxygens (including phenoxy) is 1. The lowest BCUT2D eigenvalue weighted by atomic mass is 10.0. The lowest BCUT2D eigenvalue weighted by Gasteiger charge is -2.10. The van der Waals surface area contributed by atoms with Crippen LogP contribution < -0.4 is 15.6 Å². The Kier molecular flexibility index (Phi) is 6.95. The monoisotopic (exact) mass is 598 g/mol. The van der Waals surface area contributed by atoms with Gasteiger partial charge in [-0.1, -0.05) is 30.3 Å². The fraction of sp³-hybridized carbons (Fsp3) is 0.0294. The van der Waals surface area contributed by atoms with E-state index in [1.54, 1.807) is 41.2 Å². The molecule has 7 aromatic rings. The molecular weight excluding hydrogens is 575 g/mol. The average molecular weight is 599 g/mol. The molecule has 11 heteroatoms. The summed E-state index contributed by atoms with van der Waals surface area (Å²) in [4.78, 5) is 34.9. The highest BCUT2D eigenvalue weighted by molar-refractivity contribution is 6.04. The minimum Gasteiger partial charge on any atom is -0.438 e. The SMILES string of the molecule is Cn1cc(-c2oc3ncnc(Oc4ccc(NC(=O)c5cccn(-c6ccc(F)cc6)c5=O)cc4)c3c2-c2ccccc2)cn1. The van der Waals surface area contributed by atoms with Crippen molar-refractivity contribution < 1.29 is 18.3 Å². The maximum Gasteiger partial charge on any atom is 0.267 e. The van der Waals surface area contributed by atoms with Gasteiger partial charge in [-0.05, 0) is 66.2 Å². The Morgan fingerprint density at radius 3 is 2.42 bits per heavy atom. The van der Waals surface area contributed by atoms with Gasteiger partial charge in [0.2, 0.25) is 11.6 Å². The van der Waals surface area contributed by atoms with Gasteiger partial charge < -0.3 is 14.5 Å². The second-order valence-corrected chi connectivity index (χ2v) is 10.1.